The summed E-state index contributed by atoms with van der Waals surface area (Å²) < 4.78 is 22.9. The van der Waals surface area contributed by atoms with Crippen LogP contribution in [0.4, 0.5) is 0 Å². The molecule has 2 aliphatic rings. The van der Waals surface area contributed by atoms with Gasteiger partial charge >= 0.3 is 0 Å². The van der Waals surface area contributed by atoms with Crippen molar-refractivity contribution >= 4 is 5.91 Å². The fraction of sp³-hybridized carbons (Fsp3) is 0.790. The summed E-state index contributed by atoms with van der Waals surface area (Å²) in [6.45, 7) is 2.70. The van der Waals surface area contributed by atoms with E-state index in [-0.39, 0.29) is 18.9 Å². The smallest absolute Gasteiger partial charge is 0.220 e. The van der Waals surface area contributed by atoms with Crippen LogP contribution in [0.3, 0.4) is 0 Å². The molecule has 550 valence electrons. The van der Waals surface area contributed by atoms with Gasteiger partial charge in [0.2, 0.25) is 5.91 Å². The number of aliphatic hydroxyl groups excluding tert-OH is 8. The first-order valence-electron chi connectivity index (χ1n) is 39.0. The summed E-state index contributed by atoms with van der Waals surface area (Å²) in [5.74, 6) is -0.249. The number of hydrogen-bond acceptors (Lipinski definition) is 13. The minimum atomic E-state index is -1.80. The first kappa shape index (κ1) is 88.0. The van der Waals surface area contributed by atoms with Gasteiger partial charge in [0.25, 0.3) is 0 Å². The van der Waals surface area contributed by atoms with E-state index in [1.54, 1.807) is 6.08 Å². The molecular formula is C81H143NO13. The number of carbonyl (C=O) groups excluding carboxylic acids is 1. The Morgan fingerprint density at radius 1 is 0.389 bits per heavy atom. The second kappa shape index (κ2) is 64.3. The van der Waals surface area contributed by atoms with Crippen molar-refractivity contribution < 1.29 is 64.6 Å². The molecule has 9 N–H and O–H groups in total. The number of ether oxygens (including phenoxy) is 4. The lowest BCUT2D eigenvalue weighted by Gasteiger charge is -2.46. The van der Waals surface area contributed by atoms with Gasteiger partial charge in [-0.1, -0.05) is 323 Å². The van der Waals surface area contributed by atoms with Crippen LogP contribution in [-0.2, 0) is 23.7 Å². The zero-order valence-corrected chi connectivity index (χ0v) is 60.1. The Labute approximate surface area is 579 Å². The molecule has 2 fully saturated rings. The molecule has 14 nitrogen and oxygen atoms in total. The van der Waals surface area contributed by atoms with Crippen LogP contribution in [-0.4, -0.2) is 140 Å². The molecular weight excluding hydrogens is 1190 g/mol. The Morgan fingerprint density at radius 2 is 0.737 bits per heavy atom. The van der Waals surface area contributed by atoms with Crippen LogP contribution < -0.4 is 5.32 Å². The van der Waals surface area contributed by atoms with Crippen molar-refractivity contribution in [3.8, 4) is 0 Å². The van der Waals surface area contributed by atoms with Crippen molar-refractivity contribution in [2.75, 3.05) is 19.8 Å². The third-order valence-corrected chi connectivity index (χ3v) is 18.5. The molecule has 0 aliphatic carbocycles. The van der Waals surface area contributed by atoms with Gasteiger partial charge in [0.1, 0.15) is 48.8 Å². The Balaban J connectivity index is 1.65. The van der Waals surface area contributed by atoms with E-state index in [2.05, 4.69) is 104 Å². The highest BCUT2D eigenvalue weighted by molar-refractivity contribution is 5.76. The van der Waals surface area contributed by atoms with E-state index in [4.69, 9.17) is 18.9 Å². The minimum Gasteiger partial charge on any atom is -0.394 e. The van der Waals surface area contributed by atoms with Gasteiger partial charge in [-0.2, -0.15) is 0 Å². The van der Waals surface area contributed by atoms with E-state index in [1.165, 1.54) is 212 Å². The fourth-order valence-electron chi connectivity index (χ4n) is 12.4. The standard InChI is InChI=1S/C81H143NO13/c1-3-5-7-9-11-13-15-17-19-21-23-25-27-29-31-33-34-35-36-37-39-41-43-45-47-49-51-53-55-57-59-61-63-65-73(86)82-69(68-92-80-78(91)76(89)79(72(67-84)94-80)95-81-77(90)75(88)74(87)71(66-83)93-81)70(85)64-62-60-58-56-54-52-50-48-46-44-42-40-38-32-30-28-26-24-22-20-18-16-14-12-10-8-6-4-2/h5,7,11,13,17,19,23,25,29,31,34-35,54,56,62,64,69-72,74-81,83-85,87-91H,3-4,6,8-10,12,14-16,18,20-22,24,26-28,30,32-33,36-53,55,57-61,63,65-68H2,1-2H3,(H,82,86)/b7-5-,13-11-,19-17-,25-23-,31-29-,35-34-,56-54+,64-62+. The number of aliphatic hydroxyl groups is 8. The second-order valence-corrected chi connectivity index (χ2v) is 27.1. The first-order chi connectivity index (χ1) is 46.6. The molecule has 2 saturated heterocycles. The Bertz CT molecular complexity index is 1970. The van der Waals surface area contributed by atoms with E-state index in [0.717, 1.165) is 70.6 Å². The molecule has 0 aromatic heterocycles. The number of hydrogen-bond donors (Lipinski definition) is 9. The molecule has 2 aliphatic heterocycles. The van der Waals surface area contributed by atoms with Gasteiger partial charge in [-0.3, -0.25) is 4.79 Å². The van der Waals surface area contributed by atoms with Crippen molar-refractivity contribution in [1.82, 2.24) is 5.32 Å². The second-order valence-electron chi connectivity index (χ2n) is 27.1. The molecule has 1 amide bonds. The maximum absolute atomic E-state index is 13.4. The van der Waals surface area contributed by atoms with E-state index < -0.39 is 86.8 Å². The van der Waals surface area contributed by atoms with Gasteiger partial charge in [0.15, 0.2) is 12.6 Å². The van der Waals surface area contributed by atoms with Crippen LogP contribution in [0.1, 0.15) is 316 Å². The summed E-state index contributed by atoms with van der Waals surface area (Å²) in [4.78, 5) is 13.4. The van der Waals surface area contributed by atoms with Crippen molar-refractivity contribution in [3.05, 3.63) is 97.2 Å². The average Bonchev–Trinajstić information content (AvgIpc) is 0.801. The predicted molar refractivity (Wildman–Crippen MR) is 392 cm³/mol. The average molecular weight is 1340 g/mol. The molecule has 12 unspecified atom stereocenters. The van der Waals surface area contributed by atoms with Crippen LogP contribution in [0.2, 0.25) is 0 Å². The van der Waals surface area contributed by atoms with Gasteiger partial charge in [0.05, 0.1) is 32.0 Å². The molecule has 95 heavy (non-hydrogen) atoms. The zero-order valence-electron chi connectivity index (χ0n) is 60.1. The van der Waals surface area contributed by atoms with Gasteiger partial charge in [-0.15, -0.1) is 0 Å². The maximum Gasteiger partial charge on any atom is 0.220 e. The fourth-order valence-corrected chi connectivity index (χ4v) is 12.4. The number of nitrogens with one attached hydrogen (secondary N) is 1. The Morgan fingerprint density at radius 3 is 1.16 bits per heavy atom. The topological polar surface area (TPSA) is 228 Å². The molecule has 12 atom stereocenters. The van der Waals surface area contributed by atoms with E-state index in [9.17, 15) is 45.6 Å². The lowest BCUT2D eigenvalue weighted by Crippen LogP contribution is -2.65. The van der Waals surface area contributed by atoms with Crippen LogP contribution in [0.15, 0.2) is 97.2 Å². The van der Waals surface area contributed by atoms with Crippen molar-refractivity contribution in [3.63, 3.8) is 0 Å². The van der Waals surface area contributed by atoms with Crippen LogP contribution in [0, 0.1) is 0 Å². The number of unbranched alkanes of at least 4 members (excludes halogenated alkanes) is 37. The third kappa shape index (κ3) is 47.6. The van der Waals surface area contributed by atoms with Crippen molar-refractivity contribution in [1.29, 1.82) is 0 Å². The molecule has 0 aromatic carbocycles. The van der Waals surface area contributed by atoms with Crippen LogP contribution >= 0.6 is 0 Å². The third-order valence-electron chi connectivity index (χ3n) is 18.5. The molecule has 0 aromatic rings. The summed E-state index contributed by atoms with van der Waals surface area (Å²) in [6, 6.07) is -0.939. The normalized spacial score (nSPS) is 22.9. The summed E-state index contributed by atoms with van der Waals surface area (Å²) in [6.07, 6.45) is 74.8. The lowest BCUT2D eigenvalue weighted by atomic mass is 9.97. The zero-order chi connectivity index (χ0) is 68.7. The van der Waals surface area contributed by atoms with Crippen molar-refractivity contribution in [2.24, 2.45) is 0 Å². The maximum atomic E-state index is 13.4. The summed E-state index contributed by atoms with van der Waals surface area (Å²) in [5.41, 5.74) is 0. The quantitative estimate of drug-likeness (QED) is 0.0204. The van der Waals surface area contributed by atoms with Gasteiger partial charge < -0.3 is 65.1 Å². The number of amides is 1. The molecule has 0 saturated carbocycles. The molecule has 2 rings (SSSR count). The summed E-state index contributed by atoms with van der Waals surface area (Å²) >= 11 is 0. The highest BCUT2D eigenvalue weighted by atomic mass is 16.7. The number of allylic oxidation sites excluding steroid dienone is 15. The molecule has 0 radical (unpaired) electrons. The summed E-state index contributed by atoms with van der Waals surface area (Å²) in [7, 11) is 0. The van der Waals surface area contributed by atoms with Crippen molar-refractivity contribution in [2.45, 2.75) is 389 Å². The van der Waals surface area contributed by atoms with E-state index >= 15 is 0 Å². The van der Waals surface area contributed by atoms with E-state index in [0.29, 0.717) is 12.8 Å². The number of rotatable bonds is 64. The highest BCUT2D eigenvalue weighted by Crippen LogP contribution is 2.30. The van der Waals surface area contributed by atoms with Crippen LogP contribution in [0.25, 0.3) is 0 Å². The molecule has 14 heteroatoms. The highest BCUT2D eigenvalue weighted by Gasteiger charge is 2.51. The monoisotopic (exact) mass is 1340 g/mol. The van der Waals surface area contributed by atoms with E-state index in [1.807, 2.05) is 6.08 Å². The van der Waals surface area contributed by atoms with Gasteiger partial charge in [-0.05, 0) is 83.5 Å². The predicted octanol–water partition coefficient (Wildman–Crippen LogP) is 17.3. The number of carbonyl (C=O) groups is 1. The SMILES string of the molecule is CC/C=C\C/C=C\C/C=C\C/C=C\C/C=C\C/C=C\CCCCCCCCCCCCCCCCC(=O)NC(COC1OC(CO)C(OC2OC(CO)C(O)C(O)C2O)C(O)C1O)C(O)/C=C/CC/C=C/CCCCCCCCCCCCCCCCCCCCCCCC. The summed E-state index contributed by atoms with van der Waals surface area (Å²) in [5, 5.41) is 87.6. The largest absolute Gasteiger partial charge is 0.394 e. The van der Waals surface area contributed by atoms with Gasteiger partial charge in [-0.25, -0.2) is 0 Å². The first-order valence-corrected chi connectivity index (χ1v) is 39.0. The molecule has 2 heterocycles. The minimum absolute atomic E-state index is 0.249. The Kier molecular flexibility index (Phi) is 59.6. The Hall–Kier alpha value is -3.09. The lowest BCUT2D eigenvalue weighted by molar-refractivity contribution is -0.359. The molecule has 0 spiro atoms. The van der Waals surface area contributed by atoms with Crippen LogP contribution in [0.5, 0.6) is 0 Å². The van der Waals surface area contributed by atoms with Gasteiger partial charge in [0, 0.05) is 6.42 Å². The molecule has 0 bridgehead atoms.